The van der Waals surface area contributed by atoms with Crippen molar-refractivity contribution in [3.63, 3.8) is 0 Å². The van der Waals surface area contributed by atoms with Crippen molar-refractivity contribution in [1.82, 2.24) is 0 Å². The van der Waals surface area contributed by atoms with Crippen LogP contribution in [-0.4, -0.2) is 19.0 Å². The summed E-state index contributed by atoms with van der Waals surface area (Å²) in [5.41, 5.74) is 7.35. The van der Waals surface area contributed by atoms with E-state index in [0.29, 0.717) is 12.3 Å². The summed E-state index contributed by atoms with van der Waals surface area (Å²) < 4.78 is 5.60. The third-order valence-electron chi connectivity index (χ3n) is 2.71. The van der Waals surface area contributed by atoms with Crippen LogP contribution >= 0.6 is 0 Å². The maximum atomic E-state index is 5.69. The van der Waals surface area contributed by atoms with Gasteiger partial charge in [0.05, 0.1) is 5.69 Å². The molecule has 17 heavy (non-hydrogen) atoms. The molecule has 1 aromatic carbocycles. The van der Waals surface area contributed by atoms with Crippen molar-refractivity contribution in [2.24, 2.45) is 4.99 Å². The standard InChI is InChI=1S/C13H19N3O/c1-2-3-4-7-15-13-9-17-12-8-10(14)5-6-11(12)16-13/h5-6,8H,2-4,7,9,14H2,1H3,(H,15,16). The van der Waals surface area contributed by atoms with Crippen LogP contribution in [0, 0.1) is 0 Å². The molecule has 0 unspecified atom stereocenters. The van der Waals surface area contributed by atoms with Crippen molar-refractivity contribution in [3.05, 3.63) is 18.2 Å². The average molecular weight is 233 g/mol. The Balaban J connectivity index is 1.96. The molecule has 2 rings (SSSR count). The summed E-state index contributed by atoms with van der Waals surface area (Å²) in [4.78, 5) is 4.49. The molecule has 1 aromatic rings. The first-order valence-corrected chi connectivity index (χ1v) is 6.12. The van der Waals surface area contributed by atoms with Gasteiger partial charge in [0, 0.05) is 18.3 Å². The number of nitrogens with one attached hydrogen (secondary N) is 1. The summed E-state index contributed by atoms with van der Waals surface area (Å²) in [5, 5.41) is 3.27. The molecule has 3 N–H and O–H groups in total. The predicted octanol–water partition coefficient (Wildman–Crippen LogP) is 2.66. The summed E-state index contributed by atoms with van der Waals surface area (Å²) in [6.45, 7) is 3.56. The van der Waals surface area contributed by atoms with Gasteiger partial charge in [-0.2, -0.15) is 0 Å². The molecule has 4 heteroatoms. The molecule has 1 aliphatic heterocycles. The van der Waals surface area contributed by atoms with Crippen LogP contribution in [0.2, 0.25) is 0 Å². The van der Waals surface area contributed by atoms with Gasteiger partial charge in [0.1, 0.15) is 18.2 Å². The van der Waals surface area contributed by atoms with Crippen molar-refractivity contribution >= 4 is 17.2 Å². The van der Waals surface area contributed by atoms with Gasteiger partial charge >= 0.3 is 0 Å². The normalized spacial score (nSPS) is 16.2. The number of rotatable bonds is 4. The Bertz CT molecular complexity index is 415. The van der Waals surface area contributed by atoms with Gasteiger partial charge in [0.15, 0.2) is 0 Å². The van der Waals surface area contributed by atoms with E-state index < -0.39 is 0 Å². The highest BCUT2D eigenvalue weighted by Crippen LogP contribution is 2.29. The third kappa shape index (κ3) is 3.12. The SMILES string of the molecule is CCCCCN=C1COc2cc(N)ccc2N1. The number of ether oxygens (including phenoxy) is 1. The third-order valence-corrected chi connectivity index (χ3v) is 2.71. The van der Waals surface area contributed by atoms with Crippen molar-refractivity contribution in [2.45, 2.75) is 26.2 Å². The molecular formula is C13H19N3O. The lowest BCUT2D eigenvalue weighted by atomic mass is 10.2. The molecule has 1 aliphatic rings. The first-order valence-electron chi connectivity index (χ1n) is 6.12. The second kappa shape index (κ2) is 5.57. The zero-order valence-corrected chi connectivity index (χ0v) is 10.2. The highest BCUT2D eigenvalue weighted by Gasteiger charge is 2.13. The number of anilines is 2. The molecule has 0 aromatic heterocycles. The predicted molar refractivity (Wildman–Crippen MR) is 71.8 cm³/mol. The maximum absolute atomic E-state index is 5.69. The quantitative estimate of drug-likeness (QED) is 0.621. The van der Waals surface area contributed by atoms with Crippen LogP contribution in [0.4, 0.5) is 11.4 Å². The Labute approximate surface area is 102 Å². The topological polar surface area (TPSA) is 59.6 Å². The number of fused-ring (bicyclic) bond motifs is 1. The lowest BCUT2D eigenvalue weighted by Crippen LogP contribution is -2.26. The first kappa shape index (κ1) is 11.8. The molecule has 0 spiro atoms. The van der Waals surface area contributed by atoms with Crippen molar-refractivity contribution in [2.75, 3.05) is 24.2 Å². The van der Waals surface area contributed by atoms with Crippen LogP contribution in [-0.2, 0) is 0 Å². The second-order valence-electron chi connectivity index (χ2n) is 4.20. The fraction of sp³-hybridized carbons (Fsp3) is 0.462. The van der Waals surface area contributed by atoms with Crippen LogP contribution in [0.1, 0.15) is 26.2 Å². The number of nitrogen functional groups attached to an aromatic ring is 1. The molecule has 0 aliphatic carbocycles. The van der Waals surface area contributed by atoms with Gasteiger partial charge in [0.2, 0.25) is 0 Å². The molecule has 0 bridgehead atoms. The Kier molecular flexibility index (Phi) is 3.85. The molecule has 0 radical (unpaired) electrons. The van der Waals surface area contributed by atoms with E-state index >= 15 is 0 Å². The number of nitrogens with zero attached hydrogens (tertiary/aromatic N) is 1. The van der Waals surface area contributed by atoms with E-state index in [1.807, 2.05) is 18.2 Å². The number of aliphatic imine (C=N–C) groups is 1. The number of unbranched alkanes of at least 4 members (excludes halogenated alkanes) is 2. The highest BCUT2D eigenvalue weighted by molar-refractivity contribution is 5.99. The van der Waals surface area contributed by atoms with E-state index in [2.05, 4.69) is 17.2 Å². The molecule has 0 saturated heterocycles. The van der Waals surface area contributed by atoms with Crippen LogP contribution in [0.15, 0.2) is 23.2 Å². The van der Waals surface area contributed by atoms with E-state index in [1.54, 1.807) is 0 Å². The minimum absolute atomic E-state index is 0.503. The maximum Gasteiger partial charge on any atom is 0.146 e. The zero-order valence-electron chi connectivity index (χ0n) is 10.2. The van der Waals surface area contributed by atoms with Gasteiger partial charge in [0.25, 0.3) is 0 Å². The molecule has 0 atom stereocenters. The fourth-order valence-corrected chi connectivity index (χ4v) is 1.76. The van der Waals surface area contributed by atoms with E-state index in [9.17, 15) is 0 Å². The van der Waals surface area contributed by atoms with Crippen molar-refractivity contribution in [1.29, 1.82) is 0 Å². The Hall–Kier alpha value is -1.71. The molecule has 1 heterocycles. The van der Waals surface area contributed by atoms with Gasteiger partial charge < -0.3 is 15.8 Å². The summed E-state index contributed by atoms with van der Waals surface area (Å²) >= 11 is 0. The molecule has 0 amide bonds. The fourth-order valence-electron chi connectivity index (χ4n) is 1.76. The number of benzene rings is 1. The monoisotopic (exact) mass is 233 g/mol. The summed E-state index contributed by atoms with van der Waals surface area (Å²) in [5.74, 6) is 1.70. The van der Waals surface area contributed by atoms with Gasteiger partial charge in [-0.25, -0.2) is 0 Å². The lowest BCUT2D eigenvalue weighted by molar-refractivity contribution is 0.372. The number of hydrogen-bond donors (Lipinski definition) is 2. The molecule has 92 valence electrons. The molecule has 4 nitrogen and oxygen atoms in total. The molecule has 0 fully saturated rings. The Morgan fingerprint density at radius 2 is 2.29 bits per heavy atom. The largest absolute Gasteiger partial charge is 0.483 e. The van der Waals surface area contributed by atoms with Crippen LogP contribution in [0.25, 0.3) is 0 Å². The number of hydrogen-bond acceptors (Lipinski definition) is 3. The van der Waals surface area contributed by atoms with Crippen molar-refractivity contribution < 1.29 is 4.74 Å². The number of nitrogens with two attached hydrogens (primary N) is 1. The minimum atomic E-state index is 0.503. The first-order chi connectivity index (χ1) is 8.29. The van der Waals surface area contributed by atoms with E-state index in [4.69, 9.17) is 10.5 Å². The second-order valence-corrected chi connectivity index (χ2v) is 4.20. The van der Waals surface area contributed by atoms with Gasteiger partial charge in [-0.3, -0.25) is 4.99 Å². The van der Waals surface area contributed by atoms with Gasteiger partial charge in [-0.15, -0.1) is 0 Å². The molecular weight excluding hydrogens is 214 g/mol. The van der Waals surface area contributed by atoms with E-state index in [-0.39, 0.29) is 0 Å². The van der Waals surface area contributed by atoms with E-state index in [1.165, 1.54) is 12.8 Å². The van der Waals surface area contributed by atoms with Crippen molar-refractivity contribution in [3.8, 4) is 5.75 Å². The van der Waals surface area contributed by atoms with Crippen LogP contribution in [0.3, 0.4) is 0 Å². The highest BCUT2D eigenvalue weighted by atomic mass is 16.5. The van der Waals surface area contributed by atoms with Crippen LogP contribution < -0.4 is 15.8 Å². The minimum Gasteiger partial charge on any atom is -0.483 e. The average Bonchev–Trinajstić information content (AvgIpc) is 2.35. The summed E-state index contributed by atoms with van der Waals surface area (Å²) in [6, 6.07) is 5.61. The summed E-state index contributed by atoms with van der Waals surface area (Å²) in [6.07, 6.45) is 3.58. The van der Waals surface area contributed by atoms with Gasteiger partial charge in [-0.05, 0) is 18.6 Å². The van der Waals surface area contributed by atoms with E-state index in [0.717, 1.165) is 30.2 Å². The smallest absolute Gasteiger partial charge is 0.146 e. The Morgan fingerprint density at radius 3 is 3.12 bits per heavy atom. The lowest BCUT2D eigenvalue weighted by Gasteiger charge is -2.21. The number of amidine groups is 1. The Morgan fingerprint density at radius 1 is 1.41 bits per heavy atom. The zero-order chi connectivity index (χ0) is 12.1. The molecule has 0 saturated carbocycles. The van der Waals surface area contributed by atoms with Gasteiger partial charge in [-0.1, -0.05) is 19.8 Å². The van der Waals surface area contributed by atoms with Crippen LogP contribution in [0.5, 0.6) is 5.75 Å². The summed E-state index contributed by atoms with van der Waals surface area (Å²) in [7, 11) is 0.